The van der Waals surface area contributed by atoms with Crippen molar-refractivity contribution in [1.29, 1.82) is 0 Å². The number of aliphatic imine (C=N–C) groups is 1. The molecule has 0 saturated carbocycles. The molecule has 0 saturated heterocycles. The lowest BCUT2D eigenvalue weighted by atomic mass is 10.2. The zero-order valence-corrected chi connectivity index (χ0v) is 14.9. The van der Waals surface area contributed by atoms with E-state index in [4.69, 9.17) is 4.74 Å². The second-order valence-corrected chi connectivity index (χ2v) is 6.32. The van der Waals surface area contributed by atoms with Gasteiger partial charge in [-0.05, 0) is 64.6 Å². The summed E-state index contributed by atoms with van der Waals surface area (Å²) in [6.45, 7) is 0. The summed E-state index contributed by atoms with van der Waals surface area (Å²) in [6, 6.07) is 13.6. The first-order valence-corrected chi connectivity index (χ1v) is 8.30. The van der Waals surface area contributed by atoms with E-state index in [2.05, 4.69) is 27.6 Å². The molecule has 1 aliphatic rings. The van der Waals surface area contributed by atoms with Crippen molar-refractivity contribution >= 4 is 46.2 Å². The largest absolute Gasteiger partial charge is 0.402 e. The van der Waals surface area contributed by atoms with Crippen LogP contribution < -0.4 is 0 Å². The van der Waals surface area contributed by atoms with Crippen molar-refractivity contribution in [1.82, 2.24) is 0 Å². The fourth-order valence-corrected chi connectivity index (χ4v) is 2.67. The lowest BCUT2D eigenvalue weighted by Gasteiger charge is -1.99. The number of benzene rings is 2. The molecule has 0 aliphatic carbocycles. The molecular weight excluding hydrogens is 435 g/mol. The smallest absolute Gasteiger partial charge is 0.363 e. The summed E-state index contributed by atoms with van der Waals surface area (Å²) in [7, 11) is 0. The van der Waals surface area contributed by atoms with E-state index in [1.807, 2.05) is 24.3 Å². The summed E-state index contributed by atoms with van der Waals surface area (Å²) in [6.07, 6.45) is 4.92. The summed E-state index contributed by atoms with van der Waals surface area (Å²) in [4.78, 5) is 26.3. The van der Waals surface area contributed by atoms with Gasteiger partial charge in [0.25, 0.3) is 5.69 Å². The lowest BCUT2D eigenvalue weighted by molar-refractivity contribution is -0.384. The number of hydrogen-bond donors (Lipinski definition) is 0. The Hall–Kier alpha value is -2.81. The van der Waals surface area contributed by atoms with Crippen LogP contribution in [-0.4, -0.2) is 16.8 Å². The highest BCUT2D eigenvalue weighted by atomic mass is 127. The van der Waals surface area contributed by atoms with E-state index in [0.29, 0.717) is 0 Å². The monoisotopic (exact) mass is 446 g/mol. The minimum Gasteiger partial charge on any atom is -0.402 e. The van der Waals surface area contributed by atoms with Crippen LogP contribution in [0.3, 0.4) is 0 Å². The fraction of sp³-hybridized carbons (Fsp3) is 0. The summed E-state index contributed by atoms with van der Waals surface area (Å²) >= 11 is 2.17. The van der Waals surface area contributed by atoms with Crippen molar-refractivity contribution in [2.75, 3.05) is 0 Å². The number of ether oxygens (including phenoxy) is 1. The van der Waals surface area contributed by atoms with Crippen LogP contribution >= 0.6 is 22.6 Å². The van der Waals surface area contributed by atoms with Crippen LogP contribution in [0.25, 0.3) is 6.08 Å². The Balaban J connectivity index is 1.76. The Labute approximate surface area is 156 Å². The zero-order chi connectivity index (χ0) is 17.8. The number of carbonyl (C=O) groups is 1. The minimum atomic E-state index is -0.512. The first-order valence-electron chi connectivity index (χ1n) is 7.22. The van der Waals surface area contributed by atoms with Crippen LogP contribution in [0.15, 0.2) is 71.4 Å². The van der Waals surface area contributed by atoms with E-state index < -0.39 is 10.9 Å². The first-order chi connectivity index (χ1) is 12.0. The van der Waals surface area contributed by atoms with E-state index in [0.717, 1.165) is 14.7 Å². The fourth-order valence-electron chi connectivity index (χ4n) is 2.13. The number of non-ortho nitro benzene ring substituents is 1. The molecule has 0 spiro atoms. The van der Waals surface area contributed by atoms with Crippen molar-refractivity contribution in [2.24, 2.45) is 4.99 Å². The highest BCUT2D eigenvalue weighted by molar-refractivity contribution is 14.1. The Morgan fingerprint density at radius 2 is 1.92 bits per heavy atom. The van der Waals surface area contributed by atoms with Gasteiger partial charge < -0.3 is 4.74 Å². The van der Waals surface area contributed by atoms with Gasteiger partial charge in [-0.15, -0.1) is 0 Å². The first kappa shape index (κ1) is 17.0. The third-order valence-electron chi connectivity index (χ3n) is 3.34. The second-order valence-electron chi connectivity index (χ2n) is 5.08. The van der Waals surface area contributed by atoms with E-state index in [9.17, 15) is 14.9 Å². The van der Waals surface area contributed by atoms with Crippen LogP contribution in [0, 0.1) is 13.7 Å². The number of hydrogen-bond acceptors (Lipinski definition) is 5. The number of halogens is 1. The molecule has 0 bridgehead atoms. The zero-order valence-electron chi connectivity index (χ0n) is 12.8. The molecule has 0 N–H and O–H groups in total. The molecule has 7 heteroatoms. The van der Waals surface area contributed by atoms with Crippen LogP contribution in [0.2, 0.25) is 0 Å². The normalized spacial score (nSPS) is 15.5. The molecule has 3 rings (SSSR count). The number of nitro groups is 1. The maximum Gasteiger partial charge on any atom is 0.363 e. The van der Waals surface area contributed by atoms with E-state index in [-0.39, 0.29) is 17.3 Å². The molecule has 6 nitrogen and oxygen atoms in total. The molecule has 0 atom stereocenters. The summed E-state index contributed by atoms with van der Waals surface area (Å²) < 4.78 is 6.21. The van der Waals surface area contributed by atoms with Crippen LogP contribution in [0.4, 0.5) is 5.69 Å². The summed E-state index contributed by atoms with van der Waals surface area (Å²) in [5.41, 5.74) is 1.74. The van der Waals surface area contributed by atoms with Crippen LogP contribution in [-0.2, 0) is 9.53 Å². The summed E-state index contributed by atoms with van der Waals surface area (Å²) in [5, 5.41) is 10.6. The maximum atomic E-state index is 11.9. The lowest BCUT2D eigenvalue weighted by Crippen LogP contribution is -2.05. The van der Waals surface area contributed by atoms with E-state index in [1.54, 1.807) is 30.4 Å². The van der Waals surface area contributed by atoms with Gasteiger partial charge in [0.2, 0.25) is 5.90 Å². The number of allylic oxidation sites excluding steroid dienone is 2. The average Bonchev–Trinajstić information content (AvgIpc) is 2.96. The number of nitrogens with zero attached hydrogens (tertiary/aromatic N) is 2. The molecular formula is C18H11IN2O4. The molecule has 124 valence electrons. The molecule has 0 unspecified atom stereocenters. The number of carbonyl (C=O) groups excluding carboxylic acids is 1. The molecule has 0 amide bonds. The third kappa shape index (κ3) is 4.18. The second kappa shape index (κ2) is 7.39. The molecule has 0 radical (unpaired) electrons. The van der Waals surface area contributed by atoms with Gasteiger partial charge in [-0.1, -0.05) is 18.2 Å². The quantitative estimate of drug-likeness (QED) is 0.233. The number of esters is 1. The topological polar surface area (TPSA) is 81.8 Å². The highest BCUT2D eigenvalue weighted by Crippen LogP contribution is 2.18. The van der Waals surface area contributed by atoms with E-state index >= 15 is 0 Å². The Kier molecular flexibility index (Phi) is 5.03. The standard InChI is InChI=1S/C18H11IN2O4/c19-14-5-2-4-13(11-14)17-20-16(18(22)25-17)6-1-3-12-7-9-15(10-8-12)21(23)24/h1-11H. The molecule has 2 aromatic rings. The number of rotatable bonds is 4. The maximum absolute atomic E-state index is 11.9. The van der Waals surface area contributed by atoms with Gasteiger partial charge in [0.1, 0.15) is 0 Å². The van der Waals surface area contributed by atoms with Crippen molar-refractivity contribution in [2.45, 2.75) is 0 Å². The minimum absolute atomic E-state index is 0.0293. The molecule has 1 heterocycles. The van der Waals surface area contributed by atoms with Crippen molar-refractivity contribution in [3.63, 3.8) is 0 Å². The number of nitro benzene ring substituents is 1. The van der Waals surface area contributed by atoms with Gasteiger partial charge in [-0.3, -0.25) is 10.1 Å². The predicted octanol–water partition coefficient (Wildman–Crippen LogP) is 4.10. The molecule has 0 aromatic heterocycles. The highest BCUT2D eigenvalue weighted by Gasteiger charge is 2.23. The van der Waals surface area contributed by atoms with Crippen molar-refractivity contribution in [3.8, 4) is 0 Å². The van der Waals surface area contributed by atoms with Crippen molar-refractivity contribution in [3.05, 3.63) is 91.2 Å². The molecule has 1 aliphatic heterocycles. The Morgan fingerprint density at radius 3 is 2.60 bits per heavy atom. The predicted molar refractivity (Wildman–Crippen MR) is 102 cm³/mol. The van der Waals surface area contributed by atoms with Crippen LogP contribution in [0.5, 0.6) is 0 Å². The van der Waals surface area contributed by atoms with E-state index in [1.165, 1.54) is 12.1 Å². The number of cyclic esters (lactones) is 1. The Bertz CT molecular complexity index is 930. The van der Waals surface area contributed by atoms with Crippen LogP contribution in [0.1, 0.15) is 11.1 Å². The van der Waals surface area contributed by atoms with Gasteiger partial charge in [-0.25, -0.2) is 9.79 Å². The Morgan fingerprint density at radius 1 is 1.16 bits per heavy atom. The summed E-state index contributed by atoms with van der Waals surface area (Å²) in [5.74, 6) is -0.235. The third-order valence-corrected chi connectivity index (χ3v) is 4.01. The van der Waals surface area contributed by atoms with Crippen molar-refractivity contribution < 1.29 is 14.5 Å². The molecule has 2 aromatic carbocycles. The van der Waals surface area contributed by atoms with Gasteiger partial charge in [0.15, 0.2) is 5.70 Å². The molecule has 25 heavy (non-hydrogen) atoms. The van der Waals surface area contributed by atoms with Gasteiger partial charge in [0, 0.05) is 21.3 Å². The SMILES string of the molecule is O=C1OC(c2cccc(I)c2)=NC1=CC=Cc1ccc([N+](=O)[O-])cc1. The molecule has 0 fully saturated rings. The van der Waals surface area contributed by atoms with Gasteiger partial charge in [-0.2, -0.15) is 0 Å². The van der Waals surface area contributed by atoms with Gasteiger partial charge in [0.05, 0.1) is 4.92 Å². The van der Waals surface area contributed by atoms with Gasteiger partial charge >= 0.3 is 5.97 Å². The average molecular weight is 446 g/mol.